The fourth-order valence-electron chi connectivity index (χ4n) is 1.84. The Balaban J connectivity index is 2.70. The summed E-state index contributed by atoms with van der Waals surface area (Å²) in [5, 5.41) is 9.43. The maximum Gasteiger partial charge on any atom is 0.147 e. The molecule has 0 fully saturated rings. The Hall–Kier alpha value is -2.05. The van der Waals surface area contributed by atoms with Gasteiger partial charge in [-0.2, -0.15) is 5.26 Å². The maximum absolute atomic E-state index is 9.21. The van der Waals surface area contributed by atoms with Gasteiger partial charge in [0.1, 0.15) is 17.0 Å². The number of rotatable bonds is 2. The Morgan fingerprint density at radius 1 is 1.39 bits per heavy atom. The third-order valence-electron chi connectivity index (χ3n) is 2.69. The predicted molar refractivity (Wildman–Crippen MR) is 70.7 cm³/mol. The minimum absolute atomic E-state index is 0.223. The lowest BCUT2D eigenvalue weighted by atomic mass is 9.98. The van der Waals surface area contributed by atoms with Crippen molar-refractivity contribution in [3.8, 4) is 22.9 Å². The van der Waals surface area contributed by atoms with E-state index in [4.69, 9.17) is 16.3 Å². The Bertz CT molecular complexity index is 632. The van der Waals surface area contributed by atoms with Gasteiger partial charge in [-0.25, -0.2) is 4.98 Å². The lowest BCUT2D eigenvalue weighted by Gasteiger charge is -2.10. The summed E-state index contributed by atoms with van der Waals surface area (Å²) in [7, 11) is 1.61. The standard InChI is InChI=1S/C14H11ClN2O/c1-9-8-17-14(15)12(7-16)13(9)10-4-3-5-11(6-10)18-2/h3-6,8H,1-2H3. The van der Waals surface area contributed by atoms with Gasteiger partial charge in [-0.05, 0) is 30.2 Å². The first-order chi connectivity index (χ1) is 8.67. The van der Waals surface area contributed by atoms with E-state index >= 15 is 0 Å². The molecule has 0 atom stereocenters. The number of aromatic nitrogens is 1. The second-order valence-corrected chi connectivity index (χ2v) is 4.18. The molecule has 0 radical (unpaired) electrons. The average Bonchev–Trinajstić information content (AvgIpc) is 2.41. The third-order valence-corrected chi connectivity index (χ3v) is 2.98. The van der Waals surface area contributed by atoms with E-state index in [-0.39, 0.29) is 5.15 Å². The largest absolute Gasteiger partial charge is 0.497 e. The summed E-state index contributed by atoms with van der Waals surface area (Å²) in [4.78, 5) is 3.99. The molecule has 1 aromatic heterocycles. The van der Waals surface area contributed by atoms with Gasteiger partial charge in [0.2, 0.25) is 0 Å². The number of benzene rings is 1. The molecule has 0 aliphatic carbocycles. The van der Waals surface area contributed by atoms with E-state index in [9.17, 15) is 5.26 Å². The first-order valence-electron chi connectivity index (χ1n) is 5.37. The number of hydrogen-bond acceptors (Lipinski definition) is 3. The van der Waals surface area contributed by atoms with Gasteiger partial charge in [-0.3, -0.25) is 0 Å². The summed E-state index contributed by atoms with van der Waals surface area (Å²) in [5.41, 5.74) is 3.00. The molecule has 90 valence electrons. The van der Waals surface area contributed by atoms with Crippen LogP contribution in [0.5, 0.6) is 5.75 Å². The molecule has 0 N–H and O–H groups in total. The highest BCUT2D eigenvalue weighted by molar-refractivity contribution is 6.31. The van der Waals surface area contributed by atoms with Crippen LogP contribution in [0.3, 0.4) is 0 Å². The quantitative estimate of drug-likeness (QED) is 0.774. The number of nitriles is 1. The molecule has 3 nitrogen and oxygen atoms in total. The molecule has 2 rings (SSSR count). The number of pyridine rings is 1. The van der Waals surface area contributed by atoms with Crippen molar-refractivity contribution in [1.29, 1.82) is 5.26 Å². The van der Waals surface area contributed by atoms with Gasteiger partial charge in [0.15, 0.2) is 0 Å². The number of hydrogen-bond donors (Lipinski definition) is 0. The van der Waals surface area contributed by atoms with Gasteiger partial charge in [-0.15, -0.1) is 0 Å². The second kappa shape index (κ2) is 5.07. The predicted octanol–water partition coefficient (Wildman–Crippen LogP) is 3.59. The third kappa shape index (κ3) is 2.15. The average molecular weight is 259 g/mol. The van der Waals surface area contributed by atoms with Crippen LogP contribution < -0.4 is 4.74 Å². The number of halogens is 1. The number of ether oxygens (including phenoxy) is 1. The van der Waals surface area contributed by atoms with Gasteiger partial charge >= 0.3 is 0 Å². The van der Waals surface area contributed by atoms with Crippen LogP contribution in [0.4, 0.5) is 0 Å². The summed E-state index contributed by atoms with van der Waals surface area (Å²) in [6, 6.07) is 9.63. The molecule has 0 saturated heterocycles. The van der Waals surface area contributed by atoms with E-state index in [0.29, 0.717) is 5.56 Å². The fourth-order valence-corrected chi connectivity index (χ4v) is 2.02. The van der Waals surface area contributed by atoms with Crippen molar-refractivity contribution in [1.82, 2.24) is 4.98 Å². The van der Waals surface area contributed by atoms with Gasteiger partial charge in [0.05, 0.1) is 12.7 Å². The first kappa shape index (κ1) is 12.4. The normalized spacial score (nSPS) is 9.89. The van der Waals surface area contributed by atoms with Crippen LogP contribution >= 0.6 is 11.6 Å². The molecule has 0 saturated carbocycles. The van der Waals surface area contributed by atoms with E-state index in [0.717, 1.165) is 22.4 Å². The van der Waals surface area contributed by atoms with E-state index in [2.05, 4.69) is 11.1 Å². The second-order valence-electron chi connectivity index (χ2n) is 3.83. The zero-order chi connectivity index (χ0) is 13.1. The highest BCUT2D eigenvalue weighted by Gasteiger charge is 2.13. The molecule has 2 aromatic rings. The summed E-state index contributed by atoms with van der Waals surface area (Å²) in [6.45, 7) is 1.90. The molecule has 1 heterocycles. The number of nitrogens with zero attached hydrogens (tertiary/aromatic N) is 2. The van der Waals surface area contributed by atoms with E-state index in [1.807, 2.05) is 31.2 Å². The molecule has 0 aliphatic rings. The Morgan fingerprint density at radius 3 is 2.83 bits per heavy atom. The molecule has 0 bridgehead atoms. The summed E-state index contributed by atoms with van der Waals surface area (Å²) < 4.78 is 5.19. The topological polar surface area (TPSA) is 45.9 Å². The summed E-state index contributed by atoms with van der Waals surface area (Å²) in [6.07, 6.45) is 1.66. The molecule has 0 aliphatic heterocycles. The first-order valence-corrected chi connectivity index (χ1v) is 5.74. The molecule has 1 aromatic carbocycles. The van der Waals surface area contributed by atoms with Crippen LogP contribution in [0, 0.1) is 18.3 Å². The lowest BCUT2D eigenvalue weighted by Crippen LogP contribution is -1.93. The van der Waals surface area contributed by atoms with Gasteiger partial charge in [0.25, 0.3) is 0 Å². The highest BCUT2D eigenvalue weighted by Crippen LogP contribution is 2.32. The SMILES string of the molecule is COc1cccc(-c2c(C)cnc(Cl)c2C#N)c1. The highest BCUT2D eigenvalue weighted by atomic mass is 35.5. The van der Waals surface area contributed by atoms with Crippen LogP contribution in [-0.4, -0.2) is 12.1 Å². The van der Waals surface area contributed by atoms with Gasteiger partial charge in [-0.1, -0.05) is 23.7 Å². The molecular formula is C14H11ClN2O. The maximum atomic E-state index is 9.21. The van der Waals surface area contributed by atoms with E-state index < -0.39 is 0 Å². The van der Waals surface area contributed by atoms with Crippen molar-refractivity contribution in [3.05, 3.63) is 46.7 Å². The molecule has 0 unspecified atom stereocenters. The smallest absolute Gasteiger partial charge is 0.147 e. The van der Waals surface area contributed by atoms with Crippen LogP contribution in [0.1, 0.15) is 11.1 Å². The van der Waals surface area contributed by atoms with E-state index in [1.54, 1.807) is 13.3 Å². The fraction of sp³-hybridized carbons (Fsp3) is 0.143. The van der Waals surface area contributed by atoms with Crippen molar-refractivity contribution in [2.24, 2.45) is 0 Å². The Morgan fingerprint density at radius 2 is 2.17 bits per heavy atom. The van der Waals surface area contributed by atoms with Crippen LogP contribution in [0.15, 0.2) is 30.5 Å². The van der Waals surface area contributed by atoms with E-state index in [1.165, 1.54) is 0 Å². The summed E-state index contributed by atoms with van der Waals surface area (Å²) >= 11 is 5.96. The summed E-state index contributed by atoms with van der Waals surface area (Å²) in [5.74, 6) is 0.740. The van der Waals surface area contributed by atoms with Crippen LogP contribution in [0.2, 0.25) is 5.15 Å². The van der Waals surface area contributed by atoms with Crippen molar-refractivity contribution < 1.29 is 4.74 Å². The molecule has 0 amide bonds. The minimum atomic E-state index is 0.223. The monoisotopic (exact) mass is 258 g/mol. The van der Waals surface area contributed by atoms with Crippen LogP contribution in [-0.2, 0) is 0 Å². The Labute approximate surface area is 111 Å². The number of methoxy groups -OCH3 is 1. The molecule has 4 heteroatoms. The minimum Gasteiger partial charge on any atom is -0.497 e. The molecule has 18 heavy (non-hydrogen) atoms. The van der Waals surface area contributed by atoms with Crippen molar-refractivity contribution in [3.63, 3.8) is 0 Å². The zero-order valence-corrected chi connectivity index (χ0v) is 10.8. The Kier molecular flexibility index (Phi) is 3.50. The lowest BCUT2D eigenvalue weighted by molar-refractivity contribution is 0.415. The van der Waals surface area contributed by atoms with Crippen LogP contribution in [0.25, 0.3) is 11.1 Å². The number of aryl methyl sites for hydroxylation is 1. The van der Waals surface area contributed by atoms with Gasteiger partial charge in [0, 0.05) is 11.8 Å². The molecule has 0 spiro atoms. The van der Waals surface area contributed by atoms with Gasteiger partial charge < -0.3 is 4.74 Å². The van der Waals surface area contributed by atoms with Crippen molar-refractivity contribution in [2.75, 3.05) is 7.11 Å². The van der Waals surface area contributed by atoms with Crippen molar-refractivity contribution >= 4 is 11.6 Å². The zero-order valence-electron chi connectivity index (χ0n) is 10.1. The molecular weight excluding hydrogens is 248 g/mol. The van der Waals surface area contributed by atoms with Crippen molar-refractivity contribution in [2.45, 2.75) is 6.92 Å².